The number of rotatable bonds is 2. The Hall–Kier alpha value is -1.45. The third kappa shape index (κ3) is 3.42. The van der Waals surface area contributed by atoms with E-state index >= 15 is 0 Å². The van der Waals surface area contributed by atoms with Crippen LogP contribution < -0.4 is 4.57 Å². The quantitative estimate of drug-likeness (QED) is 0.526. The van der Waals surface area contributed by atoms with Crippen LogP contribution in [0.5, 0.6) is 0 Å². The molecule has 101 valence electrons. The third-order valence-electron chi connectivity index (χ3n) is 3.29. The van der Waals surface area contributed by atoms with Crippen LogP contribution in [0.25, 0.3) is 22.4 Å². The molecule has 3 aromatic rings. The van der Waals surface area contributed by atoms with Crippen molar-refractivity contribution in [3.8, 4) is 22.4 Å². The van der Waals surface area contributed by atoms with Gasteiger partial charge in [-0.05, 0) is 5.56 Å². The average molecular weight is 349 g/mol. The van der Waals surface area contributed by atoms with Crippen molar-refractivity contribution in [2.24, 2.45) is 7.05 Å². The van der Waals surface area contributed by atoms with Crippen molar-refractivity contribution in [3.63, 3.8) is 0 Å². The Morgan fingerprint density at radius 2 is 2.05 bits per heavy atom. The fourth-order valence-corrected chi connectivity index (χ4v) is 2.23. The van der Waals surface area contributed by atoms with Crippen molar-refractivity contribution in [1.82, 2.24) is 9.97 Å². The van der Waals surface area contributed by atoms with Gasteiger partial charge in [-0.3, -0.25) is 0 Å². The molecule has 0 aliphatic carbocycles. The van der Waals surface area contributed by atoms with Gasteiger partial charge in [-0.15, -0.1) is 11.6 Å². The van der Waals surface area contributed by atoms with Gasteiger partial charge in [0, 0.05) is 51.2 Å². The van der Waals surface area contributed by atoms with Gasteiger partial charge >= 0.3 is 0 Å². The van der Waals surface area contributed by atoms with Crippen molar-refractivity contribution in [2.75, 3.05) is 0 Å². The first-order valence-electron chi connectivity index (χ1n) is 6.41. The molecule has 0 atom stereocenters. The summed E-state index contributed by atoms with van der Waals surface area (Å²) < 4.78 is 2.10. The Morgan fingerprint density at radius 1 is 1.19 bits per heavy atom. The molecule has 0 spiro atoms. The molecule has 0 N–H and O–H groups in total. The fourth-order valence-electron chi connectivity index (χ4n) is 2.23. The van der Waals surface area contributed by atoms with E-state index in [1.54, 1.807) is 6.20 Å². The van der Waals surface area contributed by atoms with Crippen LogP contribution in [-0.2, 0) is 39.8 Å². The van der Waals surface area contributed by atoms with Crippen molar-refractivity contribution in [2.45, 2.75) is 6.92 Å². The molecule has 4 heteroatoms. The Bertz CT molecular complexity index is 742. The second-order valence-corrected chi connectivity index (χ2v) is 4.69. The number of hydrogen-bond acceptors (Lipinski definition) is 2. The summed E-state index contributed by atoms with van der Waals surface area (Å²) in [6, 6.07) is 13.6. The maximum absolute atomic E-state index is 4.02. The number of hydrogen-bond donors (Lipinski definition) is 0. The van der Waals surface area contributed by atoms with E-state index in [1.807, 2.05) is 31.4 Å². The molecule has 3 rings (SSSR count). The van der Waals surface area contributed by atoms with E-state index in [0.29, 0.717) is 0 Å². The van der Waals surface area contributed by atoms with E-state index in [0.717, 1.165) is 11.1 Å². The molecular weight excluding hydrogens is 335 g/mol. The molecule has 21 heavy (non-hydrogen) atoms. The van der Waals surface area contributed by atoms with E-state index in [9.17, 15) is 0 Å². The normalized spacial score (nSPS) is 10.0. The average Bonchev–Trinajstić information content (AvgIpc) is 2.49. The molecule has 0 saturated heterocycles. The van der Waals surface area contributed by atoms with Crippen LogP contribution in [0.4, 0.5) is 0 Å². The SMILES string of the molecule is Cc1cc(-c2[c-]ncnc2)[c-]cc1-c1cccc[n+]1C.[Y]. The Balaban J connectivity index is 0.00000161. The standard InChI is InChI=1S/C17H14N3.Y/c1-13-9-14(15-10-18-12-19-11-15)6-7-16(13)17-5-3-4-8-20(17)2;/h3-5,7-10,12H,1-2H3;/q-1;. The van der Waals surface area contributed by atoms with E-state index in [4.69, 9.17) is 0 Å². The largest absolute Gasteiger partial charge is 0.352 e. The first-order chi connectivity index (χ1) is 9.75. The molecule has 2 heterocycles. The van der Waals surface area contributed by atoms with Gasteiger partial charge in [-0.25, -0.2) is 10.1 Å². The maximum atomic E-state index is 4.02. The summed E-state index contributed by atoms with van der Waals surface area (Å²) in [6.45, 7) is 2.10. The minimum atomic E-state index is 0. The fraction of sp³-hybridized carbons (Fsp3) is 0.118. The van der Waals surface area contributed by atoms with E-state index in [1.165, 1.54) is 23.1 Å². The van der Waals surface area contributed by atoms with E-state index in [-0.39, 0.29) is 32.7 Å². The number of benzene rings is 1. The summed E-state index contributed by atoms with van der Waals surface area (Å²) in [5, 5.41) is 0. The predicted molar refractivity (Wildman–Crippen MR) is 76.5 cm³/mol. The number of aromatic nitrogens is 3. The summed E-state index contributed by atoms with van der Waals surface area (Å²) in [5.74, 6) is 0. The molecule has 0 amide bonds. The smallest absolute Gasteiger partial charge is 0.171 e. The van der Waals surface area contributed by atoms with Crippen molar-refractivity contribution < 1.29 is 37.3 Å². The van der Waals surface area contributed by atoms with Crippen LogP contribution in [0.1, 0.15) is 5.56 Å². The maximum Gasteiger partial charge on any atom is 0.171 e. The first-order valence-corrected chi connectivity index (χ1v) is 6.41. The Labute approximate surface area is 150 Å². The van der Waals surface area contributed by atoms with Crippen molar-refractivity contribution in [1.29, 1.82) is 0 Å². The molecule has 0 saturated carbocycles. The minimum Gasteiger partial charge on any atom is -0.352 e. The van der Waals surface area contributed by atoms with Gasteiger partial charge in [0.25, 0.3) is 0 Å². The summed E-state index contributed by atoms with van der Waals surface area (Å²) in [4.78, 5) is 7.94. The van der Waals surface area contributed by atoms with E-state index < -0.39 is 0 Å². The molecule has 0 fully saturated rings. The molecule has 2 aromatic heterocycles. The minimum absolute atomic E-state index is 0. The van der Waals surface area contributed by atoms with Crippen LogP contribution in [0.15, 0.2) is 49.1 Å². The van der Waals surface area contributed by atoms with Gasteiger partial charge in [0.1, 0.15) is 7.05 Å². The molecule has 0 unspecified atom stereocenters. The second-order valence-electron chi connectivity index (χ2n) is 4.69. The van der Waals surface area contributed by atoms with Gasteiger partial charge in [-0.1, -0.05) is 25.4 Å². The molecule has 0 bridgehead atoms. The zero-order valence-electron chi connectivity index (χ0n) is 12.0. The topological polar surface area (TPSA) is 29.7 Å². The van der Waals surface area contributed by atoms with Gasteiger partial charge in [0.15, 0.2) is 11.9 Å². The van der Waals surface area contributed by atoms with Crippen molar-refractivity contribution in [3.05, 3.63) is 66.9 Å². The number of aryl methyl sites for hydroxylation is 2. The molecule has 1 aromatic carbocycles. The second kappa shape index (κ2) is 7.01. The zero-order valence-corrected chi connectivity index (χ0v) is 14.9. The van der Waals surface area contributed by atoms with Gasteiger partial charge in [-0.2, -0.15) is 17.7 Å². The van der Waals surface area contributed by atoms with Crippen LogP contribution in [0.2, 0.25) is 0 Å². The summed E-state index contributed by atoms with van der Waals surface area (Å²) in [6.07, 6.45) is 8.21. The van der Waals surface area contributed by atoms with Gasteiger partial charge < -0.3 is 9.97 Å². The Morgan fingerprint density at radius 3 is 2.71 bits per heavy atom. The van der Waals surface area contributed by atoms with Crippen LogP contribution in [-0.4, -0.2) is 9.97 Å². The van der Waals surface area contributed by atoms with Gasteiger partial charge in [0.2, 0.25) is 0 Å². The van der Waals surface area contributed by atoms with E-state index in [2.05, 4.69) is 45.9 Å². The van der Waals surface area contributed by atoms with Crippen LogP contribution >= 0.6 is 0 Å². The number of pyridine rings is 1. The first kappa shape index (κ1) is 15.9. The summed E-state index contributed by atoms with van der Waals surface area (Å²) in [7, 11) is 2.04. The Kier molecular flexibility index (Phi) is 5.32. The van der Waals surface area contributed by atoms with Crippen LogP contribution in [0, 0.1) is 19.2 Å². The monoisotopic (exact) mass is 349 g/mol. The number of nitrogens with zero attached hydrogens (tertiary/aromatic N) is 3. The molecule has 1 radical (unpaired) electrons. The molecule has 0 aliphatic rings. The van der Waals surface area contributed by atoms with Gasteiger partial charge in [0.05, 0.1) is 0 Å². The molecule has 0 aliphatic heterocycles. The zero-order chi connectivity index (χ0) is 13.9. The third-order valence-corrected chi connectivity index (χ3v) is 3.29. The molecular formula is C17H14N3Y-. The van der Waals surface area contributed by atoms with Crippen molar-refractivity contribution >= 4 is 0 Å². The molecule has 3 nitrogen and oxygen atoms in total. The summed E-state index contributed by atoms with van der Waals surface area (Å²) in [5.41, 5.74) is 5.36. The predicted octanol–water partition coefficient (Wildman–Crippen LogP) is 2.54. The van der Waals surface area contributed by atoms with Crippen LogP contribution in [0.3, 0.4) is 0 Å². The summed E-state index contributed by atoms with van der Waals surface area (Å²) >= 11 is 0.